The lowest BCUT2D eigenvalue weighted by atomic mass is 10.1. The zero-order valence-electron chi connectivity index (χ0n) is 21.3. The number of carbonyl (C=O) groups excluding carboxylic acids is 1. The van der Waals surface area contributed by atoms with Gasteiger partial charge in [0.2, 0.25) is 5.91 Å². The fourth-order valence-corrected chi connectivity index (χ4v) is 5.08. The van der Waals surface area contributed by atoms with E-state index in [1.807, 2.05) is 40.7 Å². The molecule has 36 heavy (non-hydrogen) atoms. The SMILES string of the molecule is COc1cc2c(cnn2COCC[Si](C)(C)C)cc1-c1cc2cc(NC(=O)[C@@H]3C[C@@H]3F)ncc2n1C. The van der Waals surface area contributed by atoms with Crippen molar-refractivity contribution >= 4 is 41.6 Å². The molecule has 0 aliphatic heterocycles. The Morgan fingerprint density at radius 3 is 2.64 bits per heavy atom. The monoisotopic (exact) mass is 509 g/mol. The highest BCUT2D eigenvalue weighted by atomic mass is 28.3. The van der Waals surface area contributed by atoms with Gasteiger partial charge in [-0.2, -0.15) is 5.10 Å². The van der Waals surface area contributed by atoms with E-state index in [0.29, 0.717) is 12.5 Å². The number of amides is 1. The van der Waals surface area contributed by atoms with Gasteiger partial charge in [0.1, 0.15) is 24.5 Å². The third-order valence-electron chi connectivity index (χ3n) is 6.68. The molecule has 190 valence electrons. The number of alkyl halides is 1. The van der Waals surface area contributed by atoms with Gasteiger partial charge in [-0.05, 0) is 30.7 Å². The molecule has 1 aromatic carbocycles. The van der Waals surface area contributed by atoms with Crippen molar-refractivity contribution in [3.8, 4) is 17.0 Å². The second kappa shape index (κ2) is 9.33. The predicted octanol–water partition coefficient (Wildman–Crippen LogP) is 5.21. The van der Waals surface area contributed by atoms with Crippen molar-refractivity contribution in [2.75, 3.05) is 19.0 Å². The molecule has 0 radical (unpaired) electrons. The third-order valence-corrected chi connectivity index (χ3v) is 8.38. The molecule has 0 saturated heterocycles. The molecule has 5 rings (SSSR count). The summed E-state index contributed by atoms with van der Waals surface area (Å²) in [6.45, 7) is 8.13. The van der Waals surface area contributed by atoms with Crippen LogP contribution in [0.2, 0.25) is 25.7 Å². The van der Waals surface area contributed by atoms with Gasteiger partial charge in [-0.25, -0.2) is 14.1 Å². The highest BCUT2D eigenvalue weighted by Gasteiger charge is 2.43. The number of rotatable bonds is 9. The minimum Gasteiger partial charge on any atom is -0.496 e. The first-order valence-corrected chi connectivity index (χ1v) is 15.9. The number of hydrogen-bond donors (Lipinski definition) is 1. The molecule has 4 aromatic rings. The van der Waals surface area contributed by atoms with Crippen LogP contribution in [0.5, 0.6) is 5.75 Å². The van der Waals surface area contributed by atoms with Crippen LogP contribution in [-0.4, -0.2) is 53.2 Å². The summed E-state index contributed by atoms with van der Waals surface area (Å²) < 4.78 is 28.8. The fourth-order valence-electron chi connectivity index (χ4n) is 4.32. The maximum atomic E-state index is 13.2. The van der Waals surface area contributed by atoms with E-state index >= 15 is 0 Å². The van der Waals surface area contributed by atoms with Gasteiger partial charge in [-0.15, -0.1) is 0 Å². The molecule has 1 aliphatic rings. The first-order chi connectivity index (χ1) is 17.1. The first kappa shape index (κ1) is 24.5. The smallest absolute Gasteiger partial charge is 0.231 e. The number of fused-ring (bicyclic) bond motifs is 2. The molecule has 3 aromatic heterocycles. The molecule has 1 saturated carbocycles. The second-order valence-corrected chi connectivity index (χ2v) is 16.3. The van der Waals surface area contributed by atoms with Crippen molar-refractivity contribution in [1.82, 2.24) is 19.3 Å². The topological polar surface area (TPSA) is 83.2 Å². The van der Waals surface area contributed by atoms with Gasteiger partial charge in [-0.1, -0.05) is 19.6 Å². The number of benzene rings is 1. The van der Waals surface area contributed by atoms with Crippen LogP contribution in [0.1, 0.15) is 6.42 Å². The number of ether oxygens (including phenoxy) is 2. The molecule has 1 fully saturated rings. The molecular formula is C26H32FN5O3Si. The molecule has 2 atom stereocenters. The number of nitrogens with one attached hydrogen (secondary N) is 1. The number of halogens is 1. The Labute approximate surface area is 210 Å². The zero-order valence-corrected chi connectivity index (χ0v) is 22.3. The second-order valence-electron chi connectivity index (χ2n) is 10.7. The van der Waals surface area contributed by atoms with Gasteiger partial charge in [0.05, 0.1) is 42.1 Å². The standard InChI is InChI=1S/C26H32FN5O3Si/c1-31-22(9-16-10-25(28-14-23(16)31)30-26(33)18-11-20(18)27)19-8-17-13-29-32(21(17)12-24(19)34-2)15-35-6-7-36(3,4)5/h8-10,12-14,18,20H,6-7,11,15H2,1-5H3,(H,28,30,33)/t18-,20+/m1/s1. The number of methoxy groups -OCH3 is 1. The van der Waals surface area contributed by atoms with Crippen molar-refractivity contribution in [3.05, 3.63) is 36.7 Å². The average molecular weight is 510 g/mol. The number of aromatic nitrogens is 4. The number of anilines is 1. The van der Waals surface area contributed by atoms with Gasteiger partial charge < -0.3 is 19.4 Å². The summed E-state index contributed by atoms with van der Waals surface area (Å²) in [5.41, 5.74) is 3.72. The quantitative estimate of drug-likeness (QED) is 0.247. The van der Waals surface area contributed by atoms with Gasteiger partial charge in [0.15, 0.2) is 0 Å². The maximum Gasteiger partial charge on any atom is 0.231 e. The van der Waals surface area contributed by atoms with Crippen LogP contribution < -0.4 is 10.1 Å². The summed E-state index contributed by atoms with van der Waals surface area (Å²) in [4.78, 5) is 16.5. The average Bonchev–Trinajstić information content (AvgIpc) is 3.31. The molecule has 0 unspecified atom stereocenters. The van der Waals surface area contributed by atoms with Crippen molar-refractivity contribution in [2.24, 2.45) is 13.0 Å². The van der Waals surface area contributed by atoms with Crippen LogP contribution in [0.25, 0.3) is 33.1 Å². The van der Waals surface area contributed by atoms with E-state index in [9.17, 15) is 9.18 Å². The van der Waals surface area contributed by atoms with E-state index in [0.717, 1.165) is 51.5 Å². The summed E-state index contributed by atoms with van der Waals surface area (Å²) >= 11 is 0. The Morgan fingerprint density at radius 2 is 1.94 bits per heavy atom. The highest BCUT2D eigenvalue weighted by molar-refractivity contribution is 6.76. The lowest BCUT2D eigenvalue weighted by Crippen LogP contribution is -2.22. The molecule has 8 nitrogen and oxygen atoms in total. The molecule has 1 amide bonds. The highest BCUT2D eigenvalue weighted by Crippen LogP contribution is 2.38. The van der Waals surface area contributed by atoms with Crippen molar-refractivity contribution < 1.29 is 18.7 Å². The van der Waals surface area contributed by atoms with E-state index in [1.165, 1.54) is 0 Å². The van der Waals surface area contributed by atoms with Crippen molar-refractivity contribution in [1.29, 1.82) is 0 Å². The Hall–Kier alpha value is -3.24. The molecule has 1 aliphatic carbocycles. The minimum atomic E-state index is -1.15. The Morgan fingerprint density at radius 1 is 1.17 bits per heavy atom. The van der Waals surface area contributed by atoms with E-state index in [4.69, 9.17) is 9.47 Å². The summed E-state index contributed by atoms with van der Waals surface area (Å²) in [5.74, 6) is 0.263. The first-order valence-electron chi connectivity index (χ1n) is 12.2. The molecular weight excluding hydrogens is 477 g/mol. The maximum absolute atomic E-state index is 13.2. The zero-order chi connectivity index (χ0) is 25.6. The number of carbonyl (C=O) groups is 1. The van der Waals surface area contributed by atoms with Gasteiger partial charge in [-0.3, -0.25) is 4.79 Å². The Balaban J connectivity index is 1.42. The summed E-state index contributed by atoms with van der Waals surface area (Å²) in [6.07, 6.45) is 2.80. The van der Waals surface area contributed by atoms with E-state index in [-0.39, 0.29) is 12.3 Å². The molecule has 10 heteroatoms. The minimum absolute atomic E-state index is 0.285. The fraction of sp³-hybridized carbons (Fsp3) is 0.423. The normalized spacial score (nSPS) is 17.6. The molecule has 3 heterocycles. The van der Waals surface area contributed by atoms with Gasteiger partial charge >= 0.3 is 0 Å². The van der Waals surface area contributed by atoms with E-state index < -0.39 is 20.2 Å². The number of hydrogen-bond acceptors (Lipinski definition) is 5. The van der Waals surface area contributed by atoms with Crippen LogP contribution in [0.3, 0.4) is 0 Å². The number of nitrogens with zero attached hydrogens (tertiary/aromatic N) is 4. The van der Waals surface area contributed by atoms with Gasteiger partial charge in [0.25, 0.3) is 0 Å². The molecule has 0 spiro atoms. The van der Waals surface area contributed by atoms with Crippen LogP contribution in [0.15, 0.2) is 36.7 Å². The molecule has 1 N–H and O–H groups in total. The Bertz CT molecular complexity index is 1440. The lowest BCUT2D eigenvalue weighted by molar-refractivity contribution is -0.117. The van der Waals surface area contributed by atoms with Crippen LogP contribution in [0.4, 0.5) is 10.2 Å². The van der Waals surface area contributed by atoms with Crippen molar-refractivity contribution in [3.63, 3.8) is 0 Å². The summed E-state index contributed by atoms with van der Waals surface area (Å²) in [7, 11) is 2.48. The largest absolute Gasteiger partial charge is 0.496 e. The lowest BCUT2D eigenvalue weighted by Gasteiger charge is -2.15. The number of pyridine rings is 1. The van der Waals surface area contributed by atoms with E-state index in [2.05, 4.69) is 41.1 Å². The van der Waals surface area contributed by atoms with Crippen LogP contribution in [0, 0.1) is 5.92 Å². The van der Waals surface area contributed by atoms with Crippen LogP contribution >= 0.6 is 0 Å². The summed E-state index contributed by atoms with van der Waals surface area (Å²) in [6, 6.07) is 9.02. The molecule has 0 bridgehead atoms. The van der Waals surface area contributed by atoms with Crippen molar-refractivity contribution in [2.45, 2.75) is 45.0 Å². The van der Waals surface area contributed by atoms with Gasteiger partial charge in [0, 0.05) is 44.1 Å². The third kappa shape index (κ3) is 4.87. The van der Waals surface area contributed by atoms with Crippen LogP contribution in [-0.2, 0) is 23.3 Å². The summed E-state index contributed by atoms with van der Waals surface area (Å²) in [5, 5.41) is 9.16. The van der Waals surface area contributed by atoms with E-state index in [1.54, 1.807) is 13.3 Å². The number of aryl methyl sites for hydroxylation is 1. The predicted molar refractivity (Wildman–Crippen MR) is 142 cm³/mol. The Kier molecular flexibility index (Phi) is 6.33.